The summed E-state index contributed by atoms with van der Waals surface area (Å²) in [5.41, 5.74) is 4.01. The van der Waals surface area contributed by atoms with E-state index in [-0.39, 0.29) is 12.4 Å². The number of carbonyl (C=O) groups is 2. The lowest BCUT2D eigenvalue weighted by Crippen LogP contribution is -2.14. The molecule has 0 saturated carbocycles. The number of nitrogens with zero attached hydrogens (tertiary/aromatic N) is 2. The van der Waals surface area contributed by atoms with E-state index in [1.807, 2.05) is 54.7 Å². The third kappa shape index (κ3) is 3.61. The van der Waals surface area contributed by atoms with Crippen molar-refractivity contribution < 1.29 is 14.3 Å². The number of carbonyl (C=O) groups excluding carboxylic acids is 2. The second-order valence-corrected chi connectivity index (χ2v) is 8.09. The maximum atomic E-state index is 12.9. The fourth-order valence-corrected chi connectivity index (χ4v) is 4.35. The van der Waals surface area contributed by atoms with Crippen LogP contribution < -0.4 is 0 Å². The largest absolute Gasteiger partial charge is 0.386 e. The zero-order valence-corrected chi connectivity index (χ0v) is 18.7. The number of aromatic amines is 1. The van der Waals surface area contributed by atoms with Crippen LogP contribution >= 0.6 is 12.4 Å². The van der Waals surface area contributed by atoms with Gasteiger partial charge in [-0.1, -0.05) is 36.4 Å². The Morgan fingerprint density at radius 3 is 2.31 bits per heavy atom. The lowest BCUT2D eigenvalue weighted by Gasteiger charge is -2.10. The minimum atomic E-state index is -0.603. The highest BCUT2D eigenvalue weighted by molar-refractivity contribution is 6.46. The van der Waals surface area contributed by atoms with Crippen LogP contribution in [-0.4, -0.2) is 47.0 Å². The fourth-order valence-electron chi connectivity index (χ4n) is 4.35. The van der Waals surface area contributed by atoms with Crippen LogP contribution in [0.4, 0.5) is 0 Å². The van der Waals surface area contributed by atoms with Crippen molar-refractivity contribution >= 4 is 57.3 Å². The summed E-state index contributed by atoms with van der Waals surface area (Å²) in [6, 6.07) is 15.7. The van der Waals surface area contributed by atoms with Gasteiger partial charge in [-0.05, 0) is 39.2 Å². The predicted octanol–water partition coefficient (Wildman–Crippen LogP) is 4.49. The molecule has 0 aliphatic carbocycles. The summed E-state index contributed by atoms with van der Waals surface area (Å²) in [5.74, 6) is -1.20. The second kappa shape index (κ2) is 8.65. The van der Waals surface area contributed by atoms with E-state index in [9.17, 15) is 9.59 Å². The molecule has 1 aliphatic rings. The van der Waals surface area contributed by atoms with Crippen LogP contribution in [0.1, 0.15) is 17.5 Å². The lowest BCUT2D eigenvalue weighted by atomic mass is 9.95. The van der Waals surface area contributed by atoms with Crippen molar-refractivity contribution in [3.63, 3.8) is 0 Å². The molecule has 0 amide bonds. The molecule has 0 bridgehead atoms. The monoisotopic (exact) mass is 449 g/mol. The number of ether oxygens (including phenoxy) is 1. The number of halogens is 1. The van der Waals surface area contributed by atoms with E-state index in [1.165, 1.54) is 0 Å². The average molecular weight is 450 g/mol. The quantitative estimate of drug-likeness (QED) is 0.348. The highest BCUT2D eigenvalue weighted by Gasteiger charge is 2.37. The summed E-state index contributed by atoms with van der Waals surface area (Å²) < 4.78 is 7.26. The lowest BCUT2D eigenvalue weighted by molar-refractivity contribution is -0.149. The van der Waals surface area contributed by atoms with Crippen molar-refractivity contribution in [1.82, 2.24) is 14.5 Å². The maximum Gasteiger partial charge on any atom is 0.347 e. The van der Waals surface area contributed by atoms with Gasteiger partial charge in [-0.15, -0.1) is 12.4 Å². The number of fused-ring (bicyclic) bond motifs is 2. The molecule has 0 fully saturated rings. The Bertz CT molecular complexity index is 1360. The molecule has 0 unspecified atom stereocenters. The first-order valence-corrected chi connectivity index (χ1v) is 10.3. The van der Waals surface area contributed by atoms with Gasteiger partial charge >= 0.3 is 11.9 Å². The Morgan fingerprint density at radius 1 is 0.906 bits per heavy atom. The molecule has 0 saturated heterocycles. The highest BCUT2D eigenvalue weighted by atomic mass is 35.5. The van der Waals surface area contributed by atoms with Crippen LogP contribution in [0.3, 0.4) is 0 Å². The van der Waals surface area contributed by atoms with Gasteiger partial charge in [-0.2, -0.15) is 0 Å². The summed E-state index contributed by atoms with van der Waals surface area (Å²) in [6.07, 6.45) is 4.73. The zero-order chi connectivity index (χ0) is 21.5. The molecule has 0 radical (unpaired) electrons. The Labute approximate surface area is 191 Å². The van der Waals surface area contributed by atoms with Gasteiger partial charge in [-0.3, -0.25) is 0 Å². The summed E-state index contributed by atoms with van der Waals surface area (Å²) in [4.78, 5) is 31.0. The standard InChI is InChI=1S/C25H23N3O3.ClH/c1-27(2)12-7-13-28-15-19(17-9-4-6-11-21(17)28)23-22(24(29)31-25(23)30)18-14-26-20-10-5-3-8-16(18)20;/h3-6,8-11,14-15,26H,7,12-13H2,1-2H3;1H. The van der Waals surface area contributed by atoms with Crippen LogP contribution in [0.5, 0.6) is 0 Å². The van der Waals surface area contributed by atoms with E-state index in [1.54, 1.807) is 6.20 Å². The molecule has 3 heterocycles. The fraction of sp³-hybridized carbons (Fsp3) is 0.200. The predicted molar refractivity (Wildman–Crippen MR) is 129 cm³/mol. The molecule has 7 heteroatoms. The van der Waals surface area contributed by atoms with Crippen LogP contribution in [0.2, 0.25) is 0 Å². The van der Waals surface area contributed by atoms with E-state index in [0.29, 0.717) is 16.7 Å². The molecule has 1 N–H and O–H groups in total. The Morgan fingerprint density at radius 2 is 1.56 bits per heavy atom. The smallest absolute Gasteiger partial charge is 0.347 e. The molecule has 2 aromatic heterocycles. The van der Waals surface area contributed by atoms with Gasteiger partial charge < -0.3 is 19.2 Å². The van der Waals surface area contributed by atoms with Gasteiger partial charge in [0.15, 0.2) is 0 Å². The zero-order valence-electron chi connectivity index (χ0n) is 17.9. The van der Waals surface area contributed by atoms with Crippen molar-refractivity contribution in [2.24, 2.45) is 0 Å². The number of nitrogens with one attached hydrogen (secondary N) is 1. The van der Waals surface area contributed by atoms with E-state index in [0.717, 1.165) is 46.9 Å². The summed E-state index contributed by atoms with van der Waals surface area (Å²) >= 11 is 0. The van der Waals surface area contributed by atoms with Gasteiger partial charge in [0.1, 0.15) is 0 Å². The molecule has 32 heavy (non-hydrogen) atoms. The minimum Gasteiger partial charge on any atom is -0.386 e. The molecule has 0 spiro atoms. The van der Waals surface area contributed by atoms with E-state index in [2.05, 4.69) is 28.5 Å². The Hall–Kier alpha value is -3.35. The number of H-pyrrole nitrogens is 1. The van der Waals surface area contributed by atoms with E-state index >= 15 is 0 Å². The first-order valence-electron chi connectivity index (χ1n) is 10.3. The second-order valence-electron chi connectivity index (χ2n) is 8.09. The molecule has 164 valence electrons. The average Bonchev–Trinajstić information content (AvgIpc) is 3.41. The molecule has 4 aromatic rings. The molecular weight excluding hydrogens is 426 g/mol. The third-order valence-electron chi connectivity index (χ3n) is 5.76. The Kier molecular flexibility index (Phi) is 5.91. The summed E-state index contributed by atoms with van der Waals surface area (Å²) in [6.45, 7) is 1.78. The van der Waals surface area contributed by atoms with Gasteiger partial charge in [0.05, 0.1) is 11.1 Å². The van der Waals surface area contributed by atoms with Gasteiger partial charge in [0.2, 0.25) is 0 Å². The normalized spacial score (nSPS) is 14.0. The minimum absolute atomic E-state index is 0. The first kappa shape index (κ1) is 21.9. The number of benzene rings is 2. The number of esters is 2. The number of aromatic nitrogens is 2. The number of hydrogen-bond acceptors (Lipinski definition) is 4. The van der Waals surface area contributed by atoms with Crippen molar-refractivity contribution in [2.45, 2.75) is 13.0 Å². The van der Waals surface area contributed by atoms with Gasteiger partial charge in [0.25, 0.3) is 0 Å². The first-order chi connectivity index (χ1) is 15.0. The highest BCUT2D eigenvalue weighted by Crippen LogP contribution is 2.40. The number of rotatable bonds is 6. The van der Waals surface area contributed by atoms with Crippen molar-refractivity contribution in [1.29, 1.82) is 0 Å². The van der Waals surface area contributed by atoms with Crippen LogP contribution in [0.15, 0.2) is 60.9 Å². The van der Waals surface area contributed by atoms with E-state index < -0.39 is 11.9 Å². The molecular formula is C25H24ClN3O3. The number of aryl methyl sites for hydroxylation is 1. The SMILES string of the molecule is CN(C)CCCn1cc(C2=C(c3c[nH]c4ccccc34)C(=O)OC2=O)c2ccccc21.Cl. The topological polar surface area (TPSA) is 67.3 Å². The maximum absolute atomic E-state index is 12.9. The van der Waals surface area contributed by atoms with Gasteiger partial charge in [-0.25, -0.2) is 9.59 Å². The molecule has 0 atom stereocenters. The molecule has 2 aromatic carbocycles. The number of hydrogen-bond donors (Lipinski definition) is 1. The van der Waals surface area contributed by atoms with Crippen LogP contribution in [0.25, 0.3) is 33.0 Å². The molecule has 1 aliphatic heterocycles. The third-order valence-corrected chi connectivity index (χ3v) is 5.76. The molecule has 5 rings (SSSR count). The summed E-state index contributed by atoms with van der Waals surface area (Å²) in [7, 11) is 4.11. The summed E-state index contributed by atoms with van der Waals surface area (Å²) in [5, 5.41) is 1.82. The Balaban J connectivity index is 0.00000245. The molecule has 6 nitrogen and oxygen atoms in total. The van der Waals surface area contributed by atoms with E-state index in [4.69, 9.17) is 4.74 Å². The van der Waals surface area contributed by atoms with Crippen LogP contribution in [-0.2, 0) is 20.9 Å². The van der Waals surface area contributed by atoms with Crippen molar-refractivity contribution in [2.75, 3.05) is 20.6 Å². The van der Waals surface area contributed by atoms with Crippen molar-refractivity contribution in [3.8, 4) is 0 Å². The van der Waals surface area contributed by atoms with Gasteiger partial charge in [0, 0.05) is 51.9 Å². The van der Waals surface area contributed by atoms with Crippen LogP contribution in [0, 0.1) is 0 Å². The number of para-hydroxylation sites is 2. The number of cyclic esters (lactones) is 2. The van der Waals surface area contributed by atoms with Crippen molar-refractivity contribution in [3.05, 3.63) is 72.1 Å².